The van der Waals surface area contributed by atoms with Crippen molar-refractivity contribution in [3.05, 3.63) is 23.9 Å². The summed E-state index contributed by atoms with van der Waals surface area (Å²) in [6, 6.07) is 5.48. The molecule has 1 fully saturated rings. The summed E-state index contributed by atoms with van der Waals surface area (Å²) < 4.78 is 5.24. The molecule has 7 nitrogen and oxygen atoms in total. The standard InChI is InChI=1S/C17H24N4O3/c1-20(2)10-17(23)7-4-8-21(11-17)16(22)15-13-9-12(24-3)5-6-14(13)18-19-15/h5-6,9,23H,4,7-8,10-11H2,1-3H3,(H,18,19)/t17-/m0/s1. The number of rotatable bonds is 4. The average molecular weight is 332 g/mol. The van der Waals surface area contributed by atoms with Gasteiger partial charge in [0.2, 0.25) is 0 Å². The smallest absolute Gasteiger partial charge is 0.275 e. The second-order valence-electron chi connectivity index (χ2n) is 6.78. The van der Waals surface area contributed by atoms with E-state index in [1.165, 1.54) is 0 Å². The minimum absolute atomic E-state index is 0.161. The summed E-state index contributed by atoms with van der Waals surface area (Å²) in [4.78, 5) is 16.6. The average Bonchev–Trinajstić information content (AvgIpc) is 2.95. The maximum absolute atomic E-state index is 12.9. The van der Waals surface area contributed by atoms with E-state index >= 15 is 0 Å². The molecule has 1 atom stereocenters. The minimum Gasteiger partial charge on any atom is -0.497 e. The summed E-state index contributed by atoms with van der Waals surface area (Å²) >= 11 is 0. The number of piperidine rings is 1. The zero-order chi connectivity index (χ0) is 17.3. The third-order valence-electron chi connectivity index (χ3n) is 4.43. The lowest BCUT2D eigenvalue weighted by Gasteiger charge is -2.40. The topological polar surface area (TPSA) is 81.7 Å². The van der Waals surface area contributed by atoms with Crippen molar-refractivity contribution in [2.45, 2.75) is 18.4 Å². The largest absolute Gasteiger partial charge is 0.497 e. The van der Waals surface area contributed by atoms with Gasteiger partial charge in [-0.15, -0.1) is 0 Å². The number of nitrogens with one attached hydrogen (secondary N) is 1. The Kier molecular flexibility index (Phi) is 4.47. The molecular weight excluding hydrogens is 308 g/mol. The van der Waals surface area contributed by atoms with Crippen LogP contribution < -0.4 is 4.74 Å². The number of aromatic amines is 1. The van der Waals surface area contributed by atoms with Gasteiger partial charge in [-0.3, -0.25) is 9.89 Å². The first kappa shape index (κ1) is 16.7. The number of aromatic nitrogens is 2. The molecular formula is C17H24N4O3. The van der Waals surface area contributed by atoms with Crippen LogP contribution in [0, 0.1) is 0 Å². The molecule has 0 unspecified atom stereocenters. The van der Waals surface area contributed by atoms with Gasteiger partial charge in [-0.2, -0.15) is 5.10 Å². The summed E-state index contributed by atoms with van der Waals surface area (Å²) in [5, 5.41) is 18.6. The highest BCUT2D eigenvalue weighted by Gasteiger charge is 2.36. The van der Waals surface area contributed by atoms with Crippen LogP contribution in [0.1, 0.15) is 23.3 Å². The highest BCUT2D eigenvalue weighted by Crippen LogP contribution is 2.26. The van der Waals surface area contributed by atoms with Gasteiger partial charge in [0.15, 0.2) is 5.69 Å². The molecule has 1 saturated heterocycles. The van der Waals surface area contributed by atoms with Crippen LogP contribution in [-0.2, 0) is 0 Å². The quantitative estimate of drug-likeness (QED) is 0.876. The number of benzene rings is 1. The normalized spacial score (nSPS) is 21.5. The number of amides is 1. The number of hydrogen-bond acceptors (Lipinski definition) is 5. The second-order valence-corrected chi connectivity index (χ2v) is 6.78. The van der Waals surface area contributed by atoms with Crippen molar-refractivity contribution in [2.24, 2.45) is 0 Å². The highest BCUT2D eigenvalue weighted by molar-refractivity contribution is 6.05. The number of likely N-dealkylation sites (N-methyl/N-ethyl adjacent to an activating group) is 1. The first-order valence-electron chi connectivity index (χ1n) is 8.10. The molecule has 1 aromatic carbocycles. The van der Waals surface area contributed by atoms with Crippen LogP contribution in [0.4, 0.5) is 0 Å². The SMILES string of the molecule is COc1ccc2[nH]nc(C(=O)N3CCC[C@](O)(CN(C)C)C3)c2c1. The summed E-state index contributed by atoms with van der Waals surface area (Å²) in [5.74, 6) is 0.520. The Morgan fingerprint density at radius 3 is 3.00 bits per heavy atom. The van der Waals surface area contributed by atoms with Crippen LogP contribution in [0.2, 0.25) is 0 Å². The molecule has 0 saturated carbocycles. The second kappa shape index (κ2) is 6.41. The fourth-order valence-corrected chi connectivity index (χ4v) is 3.44. The van der Waals surface area contributed by atoms with Gasteiger partial charge in [-0.1, -0.05) is 0 Å². The van der Waals surface area contributed by atoms with Gasteiger partial charge in [0.1, 0.15) is 5.75 Å². The number of carbonyl (C=O) groups excluding carboxylic acids is 1. The Morgan fingerprint density at radius 2 is 2.29 bits per heavy atom. The lowest BCUT2D eigenvalue weighted by atomic mass is 9.92. The van der Waals surface area contributed by atoms with Gasteiger partial charge in [0, 0.05) is 18.5 Å². The number of aliphatic hydroxyl groups is 1. The molecule has 2 N–H and O–H groups in total. The van der Waals surface area contributed by atoms with Crippen molar-refractivity contribution in [3.63, 3.8) is 0 Å². The summed E-state index contributed by atoms with van der Waals surface area (Å²) in [6.07, 6.45) is 1.48. The van der Waals surface area contributed by atoms with Crippen LogP contribution in [0.3, 0.4) is 0 Å². The predicted molar refractivity (Wildman–Crippen MR) is 91.3 cm³/mol. The van der Waals surface area contributed by atoms with E-state index in [0.717, 1.165) is 17.3 Å². The van der Waals surface area contributed by atoms with Crippen molar-refractivity contribution >= 4 is 16.8 Å². The van der Waals surface area contributed by atoms with E-state index in [2.05, 4.69) is 10.2 Å². The number of H-pyrrole nitrogens is 1. The fraction of sp³-hybridized carbons (Fsp3) is 0.529. The van der Waals surface area contributed by atoms with E-state index in [4.69, 9.17) is 4.74 Å². The zero-order valence-electron chi connectivity index (χ0n) is 14.4. The highest BCUT2D eigenvalue weighted by atomic mass is 16.5. The van der Waals surface area contributed by atoms with Gasteiger partial charge in [0.05, 0.1) is 24.8 Å². The number of β-amino-alcohol motifs (C(OH)–C–C–N with tert-alkyl or cyclic N) is 1. The summed E-state index contributed by atoms with van der Waals surface area (Å²) in [6.45, 7) is 1.49. The molecule has 2 aromatic rings. The Labute approximate surface area is 141 Å². The fourth-order valence-electron chi connectivity index (χ4n) is 3.44. The molecule has 0 spiro atoms. The number of hydrogen-bond donors (Lipinski definition) is 2. The number of likely N-dealkylation sites (tertiary alicyclic amines) is 1. The lowest BCUT2D eigenvalue weighted by Crippen LogP contribution is -2.54. The van der Waals surface area contributed by atoms with Crippen molar-refractivity contribution in [1.82, 2.24) is 20.0 Å². The molecule has 0 radical (unpaired) electrons. The van der Waals surface area contributed by atoms with Crippen molar-refractivity contribution in [2.75, 3.05) is 40.8 Å². The number of carbonyl (C=O) groups is 1. The molecule has 24 heavy (non-hydrogen) atoms. The van der Waals surface area contributed by atoms with E-state index in [1.807, 2.05) is 37.2 Å². The van der Waals surface area contributed by atoms with Crippen molar-refractivity contribution in [3.8, 4) is 5.75 Å². The Morgan fingerprint density at radius 1 is 1.50 bits per heavy atom. The van der Waals surface area contributed by atoms with Crippen LogP contribution in [-0.4, -0.2) is 77.5 Å². The molecule has 0 aliphatic carbocycles. The van der Waals surface area contributed by atoms with Gasteiger partial charge < -0.3 is 19.6 Å². The van der Waals surface area contributed by atoms with Gasteiger partial charge in [-0.25, -0.2) is 0 Å². The molecule has 0 bridgehead atoms. The van der Waals surface area contributed by atoms with E-state index in [9.17, 15) is 9.90 Å². The summed E-state index contributed by atoms with van der Waals surface area (Å²) in [7, 11) is 5.44. The van der Waals surface area contributed by atoms with Gasteiger partial charge in [0.25, 0.3) is 5.91 Å². The molecule has 3 rings (SSSR count). The maximum atomic E-state index is 12.9. The Hall–Kier alpha value is -2.12. The third kappa shape index (κ3) is 3.22. The van der Waals surface area contributed by atoms with Crippen LogP contribution in [0.5, 0.6) is 5.75 Å². The Balaban J connectivity index is 1.86. The summed E-state index contributed by atoms with van der Waals surface area (Å²) in [5.41, 5.74) is 0.291. The molecule has 130 valence electrons. The monoisotopic (exact) mass is 332 g/mol. The number of ether oxygens (including phenoxy) is 1. The van der Waals surface area contributed by atoms with Gasteiger partial charge in [-0.05, 0) is 45.1 Å². The van der Waals surface area contributed by atoms with Crippen LogP contribution >= 0.6 is 0 Å². The number of methoxy groups -OCH3 is 1. The Bertz CT molecular complexity index is 743. The number of nitrogens with zero attached hydrogens (tertiary/aromatic N) is 3. The van der Waals surface area contributed by atoms with E-state index in [0.29, 0.717) is 37.5 Å². The molecule has 2 heterocycles. The maximum Gasteiger partial charge on any atom is 0.275 e. The minimum atomic E-state index is -0.874. The molecule has 7 heteroatoms. The molecule has 1 aliphatic rings. The number of fused-ring (bicyclic) bond motifs is 1. The molecule has 1 aliphatic heterocycles. The van der Waals surface area contributed by atoms with Gasteiger partial charge >= 0.3 is 0 Å². The van der Waals surface area contributed by atoms with Crippen molar-refractivity contribution in [1.29, 1.82) is 0 Å². The molecule has 1 amide bonds. The van der Waals surface area contributed by atoms with Crippen LogP contribution in [0.25, 0.3) is 10.9 Å². The first-order chi connectivity index (χ1) is 11.4. The van der Waals surface area contributed by atoms with E-state index in [-0.39, 0.29) is 5.91 Å². The van der Waals surface area contributed by atoms with E-state index in [1.54, 1.807) is 12.0 Å². The first-order valence-corrected chi connectivity index (χ1v) is 8.10. The van der Waals surface area contributed by atoms with Crippen LogP contribution in [0.15, 0.2) is 18.2 Å². The van der Waals surface area contributed by atoms with Crippen molar-refractivity contribution < 1.29 is 14.6 Å². The lowest BCUT2D eigenvalue weighted by molar-refractivity contribution is -0.0392. The van der Waals surface area contributed by atoms with E-state index < -0.39 is 5.60 Å². The predicted octanol–water partition coefficient (Wildman–Crippen LogP) is 1.10. The zero-order valence-corrected chi connectivity index (χ0v) is 14.4. The molecule has 1 aromatic heterocycles. The third-order valence-corrected chi connectivity index (χ3v) is 4.43.